The summed E-state index contributed by atoms with van der Waals surface area (Å²) in [6.45, 7) is 0. The molecule has 0 unspecified atom stereocenters. The van der Waals surface area contributed by atoms with Gasteiger partial charge in [-0.3, -0.25) is 14.5 Å². The number of fused-ring (bicyclic) bond motifs is 1. The molecule has 1 aromatic rings. The van der Waals surface area contributed by atoms with Gasteiger partial charge in [0.25, 0.3) is 0 Å². The SMILES string of the molecule is O=C(O)c1cccc(N2C(=O)[C@H]3CC=CC[C@@H]3C2=O)c1. The molecule has 5 nitrogen and oxygen atoms in total. The number of amides is 2. The van der Waals surface area contributed by atoms with Crippen LogP contribution < -0.4 is 4.90 Å². The third kappa shape index (κ3) is 1.82. The lowest BCUT2D eigenvalue weighted by molar-refractivity contribution is -0.122. The number of carboxylic acids is 1. The first-order chi connectivity index (χ1) is 9.59. The van der Waals surface area contributed by atoms with E-state index >= 15 is 0 Å². The Kier molecular flexibility index (Phi) is 2.89. The molecular formula is C15H13NO4. The molecule has 2 amide bonds. The lowest BCUT2D eigenvalue weighted by atomic mass is 9.85. The van der Waals surface area contributed by atoms with E-state index in [4.69, 9.17) is 5.11 Å². The largest absolute Gasteiger partial charge is 0.478 e. The number of imide groups is 1. The van der Waals surface area contributed by atoms with Crippen molar-refractivity contribution in [3.63, 3.8) is 0 Å². The fourth-order valence-corrected chi connectivity index (χ4v) is 2.83. The van der Waals surface area contributed by atoms with Crippen molar-refractivity contribution in [2.75, 3.05) is 4.90 Å². The van der Waals surface area contributed by atoms with Crippen LogP contribution in [-0.4, -0.2) is 22.9 Å². The molecule has 0 radical (unpaired) electrons. The van der Waals surface area contributed by atoms with Crippen LogP contribution in [0.25, 0.3) is 0 Å². The van der Waals surface area contributed by atoms with E-state index in [2.05, 4.69) is 0 Å². The average molecular weight is 271 g/mol. The van der Waals surface area contributed by atoms with E-state index in [1.54, 1.807) is 12.1 Å². The van der Waals surface area contributed by atoms with Gasteiger partial charge >= 0.3 is 5.97 Å². The standard InChI is InChI=1S/C15H13NO4/c17-13-11-6-1-2-7-12(11)14(18)16(13)10-5-3-4-9(8-10)15(19)20/h1-5,8,11-12H,6-7H2,(H,19,20)/t11-,12-/m0/s1. The maximum atomic E-state index is 12.4. The number of carbonyl (C=O) groups excluding carboxylic acids is 2. The highest BCUT2D eigenvalue weighted by Gasteiger charge is 2.47. The molecule has 0 spiro atoms. The molecule has 2 atom stereocenters. The summed E-state index contributed by atoms with van der Waals surface area (Å²) in [5.41, 5.74) is 0.408. The summed E-state index contributed by atoms with van der Waals surface area (Å²) >= 11 is 0. The van der Waals surface area contributed by atoms with Gasteiger partial charge < -0.3 is 5.11 Å². The Morgan fingerprint density at radius 1 is 1.10 bits per heavy atom. The molecule has 0 saturated carbocycles. The van der Waals surface area contributed by atoms with Gasteiger partial charge in [-0.25, -0.2) is 4.79 Å². The van der Waals surface area contributed by atoms with Gasteiger partial charge in [-0.15, -0.1) is 0 Å². The molecule has 1 aromatic carbocycles. The predicted molar refractivity (Wildman–Crippen MR) is 71.2 cm³/mol. The molecule has 1 saturated heterocycles. The number of rotatable bonds is 2. The molecule has 3 rings (SSSR count). The molecule has 0 aromatic heterocycles. The second-order valence-corrected chi connectivity index (χ2v) is 5.02. The molecule has 0 bridgehead atoms. The first-order valence-corrected chi connectivity index (χ1v) is 6.46. The van der Waals surface area contributed by atoms with Gasteiger partial charge in [0.2, 0.25) is 11.8 Å². The summed E-state index contributed by atoms with van der Waals surface area (Å²) in [5.74, 6) is -2.15. The maximum Gasteiger partial charge on any atom is 0.335 e. The molecule has 2 aliphatic rings. The first-order valence-electron chi connectivity index (χ1n) is 6.46. The Morgan fingerprint density at radius 3 is 2.25 bits per heavy atom. The fraction of sp³-hybridized carbons (Fsp3) is 0.267. The highest BCUT2D eigenvalue weighted by atomic mass is 16.4. The van der Waals surface area contributed by atoms with Crippen LogP contribution in [-0.2, 0) is 9.59 Å². The third-order valence-electron chi connectivity index (χ3n) is 3.86. The minimum Gasteiger partial charge on any atom is -0.478 e. The van der Waals surface area contributed by atoms with Crippen LogP contribution in [0.1, 0.15) is 23.2 Å². The topological polar surface area (TPSA) is 74.7 Å². The molecular weight excluding hydrogens is 258 g/mol. The zero-order chi connectivity index (χ0) is 14.3. The molecule has 5 heteroatoms. The van der Waals surface area contributed by atoms with E-state index in [1.807, 2.05) is 12.2 Å². The highest BCUT2D eigenvalue weighted by Crippen LogP contribution is 2.37. The van der Waals surface area contributed by atoms with E-state index in [1.165, 1.54) is 12.1 Å². The lowest BCUT2D eigenvalue weighted by Gasteiger charge is -2.15. The smallest absolute Gasteiger partial charge is 0.335 e. The van der Waals surface area contributed by atoms with Crippen LogP contribution in [0.3, 0.4) is 0 Å². The van der Waals surface area contributed by atoms with Crippen molar-refractivity contribution < 1.29 is 19.5 Å². The minimum absolute atomic E-state index is 0.0658. The van der Waals surface area contributed by atoms with E-state index < -0.39 is 5.97 Å². The number of anilines is 1. The van der Waals surface area contributed by atoms with Crippen molar-refractivity contribution in [1.82, 2.24) is 0 Å². The number of aromatic carboxylic acids is 1. The highest BCUT2D eigenvalue weighted by molar-refractivity contribution is 6.22. The van der Waals surface area contributed by atoms with Crippen LogP contribution in [0.5, 0.6) is 0 Å². The normalized spacial score (nSPS) is 24.9. The quantitative estimate of drug-likeness (QED) is 0.658. The molecule has 102 valence electrons. The van der Waals surface area contributed by atoms with Gasteiger partial charge in [0.05, 0.1) is 23.1 Å². The van der Waals surface area contributed by atoms with Gasteiger partial charge in [0, 0.05) is 0 Å². The van der Waals surface area contributed by atoms with Gasteiger partial charge in [-0.05, 0) is 31.0 Å². The number of nitrogens with zero attached hydrogens (tertiary/aromatic N) is 1. The molecule has 20 heavy (non-hydrogen) atoms. The molecule has 1 aliphatic carbocycles. The van der Waals surface area contributed by atoms with Gasteiger partial charge in [0.15, 0.2) is 0 Å². The molecule has 1 aliphatic heterocycles. The Balaban J connectivity index is 1.98. The third-order valence-corrected chi connectivity index (χ3v) is 3.86. The molecule has 1 heterocycles. The monoisotopic (exact) mass is 271 g/mol. The summed E-state index contributed by atoms with van der Waals surface area (Å²) in [7, 11) is 0. The van der Waals surface area contributed by atoms with Crippen LogP contribution >= 0.6 is 0 Å². The van der Waals surface area contributed by atoms with E-state index in [-0.39, 0.29) is 29.2 Å². The van der Waals surface area contributed by atoms with Crippen LogP contribution in [0.4, 0.5) is 5.69 Å². The van der Waals surface area contributed by atoms with Crippen molar-refractivity contribution in [2.45, 2.75) is 12.8 Å². The zero-order valence-corrected chi connectivity index (χ0v) is 10.7. The minimum atomic E-state index is -1.08. The predicted octanol–water partition coefficient (Wildman–Crippen LogP) is 1.84. The summed E-state index contributed by atoms with van der Waals surface area (Å²) in [6, 6.07) is 5.93. The van der Waals surface area contributed by atoms with Gasteiger partial charge in [-0.2, -0.15) is 0 Å². The number of carbonyl (C=O) groups is 3. The second-order valence-electron chi connectivity index (χ2n) is 5.02. The number of carboxylic acid groups (broad SMARTS) is 1. The van der Waals surface area contributed by atoms with Crippen molar-refractivity contribution in [3.05, 3.63) is 42.0 Å². The van der Waals surface area contributed by atoms with E-state index in [0.29, 0.717) is 18.5 Å². The summed E-state index contributed by atoms with van der Waals surface area (Å²) in [5, 5.41) is 8.99. The first kappa shape index (κ1) is 12.6. The molecule has 1 fully saturated rings. The van der Waals surface area contributed by atoms with Gasteiger partial charge in [0.1, 0.15) is 0 Å². The summed E-state index contributed by atoms with van der Waals surface area (Å²) < 4.78 is 0. The van der Waals surface area contributed by atoms with Crippen molar-refractivity contribution >= 4 is 23.5 Å². The maximum absolute atomic E-state index is 12.4. The van der Waals surface area contributed by atoms with Crippen LogP contribution in [0.15, 0.2) is 36.4 Å². The van der Waals surface area contributed by atoms with Crippen LogP contribution in [0.2, 0.25) is 0 Å². The Hall–Kier alpha value is -2.43. The number of hydrogen-bond donors (Lipinski definition) is 1. The van der Waals surface area contributed by atoms with Crippen molar-refractivity contribution in [2.24, 2.45) is 11.8 Å². The Labute approximate surface area is 115 Å². The number of benzene rings is 1. The average Bonchev–Trinajstić information content (AvgIpc) is 2.72. The number of allylic oxidation sites excluding steroid dienone is 2. The van der Waals surface area contributed by atoms with E-state index in [0.717, 1.165) is 4.90 Å². The summed E-state index contributed by atoms with van der Waals surface area (Å²) in [6.07, 6.45) is 4.99. The van der Waals surface area contributed by atoms with Gasteiger partial charge in [-0.1, -0.05) is 18.2 Å². The van der Waals surface area contributed by atoms with Crippen molar-refractivity contribution in [1.29, 1.82) is 0 Å². The zero-order valence-electron chi connectivity index (χ0n) is 10.7. The van der Waals surface area contributed by atoms with E-state index in [9.17, 15) is 14.4 Å². The van der Waals surface area contributed by atoms with Crippen molar-refractivity contribution in [3.8, 4) is 0 Å². The fourth-order valence-electron chi connectivity index (χ4n) is 2.83. The molecule has 1 N–H and O–H groups in total. The number of hydrogen-bond acceptors (Lipinski definition) is 3. The Morgan fingerprint density at radius 2 is 1.70 bits per heavy atom. The lowest BCUT2D eigenvalue weighted by Crippen LogP contribution is -2.31. The second kappa shape index (κ2) is 4.59. The van der Waals surface area contributed by atoms with Crippen LogP contribution in [0, 0.1) is 11.8 Å². The Bertz CT molecular complexity index is 609. The summed E-state index contributed by atoms with van der Waals surface area (Å²) in [4.78, 5) is 36.8.